The topological polar surface area (TPSA) is 49.4 Å². The predicted molar refractivity (Wildman–Crippen MR) is 83.7 cm³/mol. The lowest BCUT2D eigenvalue weighted by Crippen LogP contribution is -2.43. The molecule has 2 rings (SSSR count). The quantitative estimate of drug-likeness (QED) is 0.818. The van der Waals surface area contributed by atoms with E-state index in [0.717, 1.165) is 37.1 Å². The SMILES string of the molecule is CNCCCCS(=O)(=O)N1c2ccccc2CCC1C. The van der Waals surface area contributed by atoms with Gasteiger partial charge in [0.25, 0.3) is 0 Å². The summed E-state index contributed by atoms with van der Waals surface area (Å²) < 4.78 is 26.9. The Morgan fingerprint density at radius 1 is 1.30 bits per heavy atom. The molecule has 0 saturated carbocycles. The molecule has 1 aliphatic rings. The van der Waals surface area contributed by atoms with Crippen LogP contribution in [0.5, 0.6) is 0 Å². The van der Waals surface area contributed by atoms with E-state index in [2.05, 4.69) is 5.32 Å². The van der Waals surface area contributed by atoms with Crippen molar-refractivity contribution in [2.24, 2.45) is 0 Å². The summed E-state index contributed by atoms with van der Waals surface area (Å²) in [4.78, 5) is 0. The van der Waals surface area contributed by atoms with Gasteiger partial charge in [0.1, 0.15) is 0 Å². The molecule has 1 unspecified atom stereocenters. The number of sulfonamides is 1. The van der Waals surface area contributed by atoms with Crippen LogP contribution in [0.1, 0.15) is 31.7 Å². The Morgan fingerprint density at radius 2 is 2.05 bits per heavy atom. The molecule has 1 aromatic carbocycles. The number of fused-ring (bicyclic) bond motifs is 1. The van der Waals surface area contributed by atoms with Crippen LogP contribution in [-0.4, -0.2) is 33.8 Å². The second kappa shape index (κ2) is 6.59. The van der Waals surface area contributed by atoms with Crippen LogP contribution >= 0.6 is 0 Å². The molecular formula is C15H24N2O2S. The van der Waals surface area contributed by atoms with Crippen LogP contribution in [0.4, 0.5) is 5.69 Å². The highest BCUT2D eigenvalue weighted by atomic mass is 32.2. The molecule has 0 fully saturated rings. The van der Waals surface area contributed by atoms with Crippen LogP contribution in [0.25, 0.3) is 0 Å². The van der Waals surface area contributed by atoms with Crippen molar-refractivity contribution in [2.75, 3.05) is 23.7 Å². The van der Waals surface area contributed by atoms with Gasteiger partial charge in [-0.15, -0.1) is 0 Å². The molecule has 1 aliphatic heterocycles. The standard InChI is InChI=1S/C15H24N2O2S/c1-13-9-10-14-7-3-4-8-15(14)17(13)20(18,19)12-6-5-11-16-2/h3-4,7-8,13,16H,5-6,9-12H2,1-2H3. The zero-order valence-electron chi connectivity index (χ0n) is 12.3. The molecule has 0 amide bonds. The van der Waals surface area contributed by atoms with E-state index in [0.29, 0.717) is 6.42 Å². The van der Waals surface area contributed by atoms with Crippen LogP contribution in [-0.2, 0) is 16.4 Å². The number of anilines is 1. The summed E-state index contributed by atoms with van der Waals surface area (Å²) in [6.07, 6.45) is 3.45. The van der Waals surface area contributed by atoms with Gasteiger partial charge in [0.2, 0.25) is 10.0 Å². The highest BCUT2D eigenvalue weighted by Gasteiger charge is 2.31. The molecule has 0 aromatic heterocycles. The average molecular weight is 296 g/mol. The van der Waals surface area contributed by atoms with Gasteiger partial charge in [0.05, 0.1) is 11.4 Å². The second-order valence-corrected chi connectivity index (χ2v) is 7.40. The van der Waals surface area contributed by atoms with Crippen LogP contribution in [0.15, 0.2) is 24.3 Å². The van der Waals surface area contributed by atoms with E-state index < -0.39 is 10.0 Å². The Balaban J connectivity index is 2.17. The first-order chi connectivity index (χ1) is 9.56. The number of nitrogens with zero attached hydrogens (tertiary/aromatic N) is 1. The summed E-state index contributed by atoms with van der Waals surface area (Å²) in [5, 5.41) is 3.05. The van der Waals surface area contributed by atoms with E-state index in [1.807, 2.05) is 38.2 Å². The number of para-hydroxylation sites is 1. The Kier molecular flexibility index (Phi) is 5.05. The molecular weight excluding hydrogens is 272 g/mol. The summed E-state index contributed by atoms with van der Waals surface area (Å²) in [6.45, 7) is 2.86. The number of benzene rings is 1. The number of rotatable bonds is 6. The van der Waals surface area contributed by atoms with Crippen molar-refractivity contribution in [2.45, 2.75) is 38.6 Å². The number of nitrogens with one attached hydrogen (secondary N) is 1. The van der Waals surface area contributed by atoms with Gasteiger partial charge in [-0.1, -0.05) is 18.2 Å². The molecule has 112 valence electrons. The molecule has 0 bridgehead atoms. The van der Waals surface area contributed by atoms with E-state index in [4.69, 9.17) is 0 Å². The number of unbranched alkanes of at least 4 members (excludes halogenated alkanes) is 1. The predicted octanol–water partition coefficient (Wildman–Crippen LogP) is 2.16. The van der Waals surface area contributed by atoms with Crippen LogP contribution in [0.2, 0.25) is 0 Å². The zero-order valence-corrected chi connectivity index (χ0v) is 13.1. The van der Waals surface area contributed by atoms with Crippen LogP contribution in [0.3, 0.4) is 0 Å². The third-order valence-electron chi connectivity index (χ3n) is 3.84. The van der Waals surface area contributed by atoms with Gasteiger partial charge in [0.15, 0.2) is 0 Å². The summed E-state index contributed by atoms with van der Waals surface area (Å²) in [5.74, 6) is 0.230. The van der Waals surface area contributed by atoms with E-state index in [9.17, 15) is 8.42 Å². The Labute approximate surface area is 122 Å². The molecule has 0 aliphatic carbocycles. The number of hydrogen-bond donors (Lipinski definition) is 1. The monoisotopic (exact) mass is 296 g/mol. The lowest BCUT2D eigenvalue weighted by atomic mass is 9.99. The number of hydrogen-bond acceptors (Lipinski definition) is 3. The van der Waals surface area contributed by atoms with Gasteiger partial charge in [0, 0.05) is 6.04 Å². The molecule has 1 atom stereocenters. The fourth-order valence-corrected chi connectivity index (χ4v) is 4.66. The van der Waals surface area contributed by atoms with Gasteiger partial charge in [-0.3, -0.25) is 4.31 Å². The first-order valence-corrected chi connectivity index (χ1v) is 8.92. The molecule has 4 nitrogen and oxygen atoms in total. The molecule has 1 aromatic rings. The van der Waals surface area contributed by atoms with Gasteiger partial charge < -0.3 is 5.32 Å². The molecule has 0 radical (unpaired) electrons. The minimum Gasteiger partial charge on any atom is -0.320 e. The third kappa shape index (κ3) is 3.33. The van der Waals surface area contributed by atoms with Gasteiger partial charge in [-0.25, -0.2) is 8.42 Å². The smallest absolute Gasteiger partial charge is 0.235 e. The van der Waals surface area contributed by atoms with E-state index in [1.165, 1.54) is 0 Å². The summed E-state index contributed by atoms with van der Waals surface area (Å²) >= 11 is 0. The lowest BCUT2D eigenvalue weighted by molar-refractivity contribution is 0.559. The highest BCUT2D eigenvalue weighted by molar-refractivity contribution is 7.92. The Hall–Kier alpha value is -1.07. The van der Waals surface area contributed by atoms with Crippen molar-refractivity contribution in [1.29, 1.82) is 0 Å². The zero-order chi connectivity index (χ0) is 14.6. The maximum Gasteiger partial charge on any atom is 0.235 e. The van der Waals surface area contributed by atoms with Crippen molar-refractivity contribution < 1.29 is 8.42 Å². The molecule has 1 heterocycles. The molecule has 0 saturated heterocycles. The fourth-order valence-electron chi connectivity index (χ4n) is 2.76. The van der Waals surface area contributed by atoms with Crippen molar-refractivity contribution >= 4 is 15.7 Å². The first-order valence-electron chi connectivity index (χ1n) is 7.31. The normalized spacial score (nSPS) is 18.9. The van der Waals surface area contributed by atoms with E-state index in [-0.39, 0.29) is 11.8 Å². The third-order valence-corrected chi connectivity index (χ3v) is 5.80. The minimum atomic E-state index is -3.22. The largest absolute Gasteiger partial charge is 0.320 e. The molecule has 20 heavy (non-hydrogen) atoms. The highest BCUT2D eigenvalue weighted by Crippen LogP contribution is 2.33. The van der Waals surface area contributed by atoms with Crippen LogP contribution < -0.4 is 9.62 Å². The van der Waals surface area contributed by atoms with Gasteiger partial charge in [-0.05, 0) is 57.8 Å². The van der Waals surface area contributed by atoms with Gasteiger partial charge >= 0.3 is 0 Å². The van der Waals surface area contributed by atoms with Crippen molar-refractivity contribution in [3.63, 3.8) is 0 Å². The maximum atomic E-state index is 12.6. The number of aryl methyl sites for hydroxylation is 1. The average Bonchev–Trinajstić information content (AvgIpc) is 2.43. The van der Waals surface area contributed by atoms with Crippen molar-refractivity contribution in [3.05, 3.63) is 29.8 Å². The second-order valence-electron chi connectivity index (χ2n) is 5.44. The fraction of sp³-hybridized carbons (Fsp3) is 0.600. The van der Waals surface area contributed by atoms with Crippen molar-refractivity contribution in [3.8, 4) is 0 Å². The molecule has 0 spiro atoms. The van der Waals surface area contributed by atoms with E-state index >= 15 is 0 Å². The molecule has 1 N–H and O–H groups in total. The van der Waals surface area contributed by atoms with Crippen LogP contribution in [0, 0.1) is 0 Å². The summed E-state index contributed by atoms with van der Waals surface area (Å²) in [7, 11) is -1.33. The van der Waals surface area contributed by atoms with Gasteiger partial charge in [-0.2, -0.15) is 0 Å². The van der Waals surface area contributed by atoms with Crippen molar-refractivity contribution in [1.82, 2.24) is 5.32 Å². The molecule has 5 heteroatoms. The first kappa shape index (κ1) is 15.3. The maximum absolute atomic E-state index is 12.6. The lowest BCUT2D eigenvalue weighted by Gasteiger charge is -2.36. The Morgan fingerprint density at radius 3 is 2.80 bits per heavy atom. The minimum absolute atomic E-state index is 0.0548. The Bertz CT molecular complexity index is 543. The summed E-state index contributed by atoms with van der Waals surface area (Å²) in [5.41, 5.74) is 2.02. The summed E-state index contributed by atoms with van der Waals surface area (Å²) in [6, 6.07) is 7.91. The van der Waals surface area contributed by atoms with E-state index in [1.54, 1.807) is 4.31 Å².